The fourth-order valence-electron chi connectivity index (χ4n) is 4.11. The van der Waals surface area contributed by atoms with Gasteiger partial charge in [0.25, 0.3) is 5.91 Å². The SMILES string of the molecule is O=C(c1cc2c(F)cccc2[nH]1)N(C1CC1)C1CCc2ccccc21. The molecule has 3 nitrogen and oxygen atoms in total. The maximum Gasteiger partial charge on any atom is 0.271 e. The number of carbonyl (C=O) groups excluding carboxylic acids is 1. The van der Waals surface area contributed by atoms with E-state index in [1.54, 1.807) is 12.1 Å². The molecule has 5 rings (SSSR count). The number of fused-ring (bicyclic) bond motifs is 2. The van der Waals surface area contributed by atoms with Crippen LogP contribution < -0.4 is 0 Å². The van der Waals surface area contributed by atoms with E-state index in [-0.39, 0.29) is 17.8 Å². The first-order valence-corrected chi connectivity index (χ1v) is 8.90. The lowest BCUT2D eigenvalue weighted by atomic mass is 10.1. The Balaban J connectivity index is 1.54. The fraction of sp³-hybridized carbons (Fsp3) is 0.286. The second-order valence-electron chi connectivity index (χ2n) is 7.08. The van der Waals surface area contributed by atoms with Crippen LogP contribution in [0.5, 0.6) is 0 Å². The van der Waals surface area contributed by atoms with Gasteiger partial charge < -0.3 is 9.88 Å². The van der Waals surface area contributed by atoms with E-state index in [9.17, 15) is 9.18 Å². The van der Waals surface area contributed by atoms with Crippen molar-refractivity contribution in [1.82, 2.24) is 9.88 Å². The summed E-state index contributed by atoms with van der Waals surface area (Å²) >= 11 is 0. The lowest BCUT2D eigenvalue weighted by Crippen LogP contribution is -2.36. The van der Waals surface area contributed by atoms with Crippen molar-refractivity contribution in [3.8, 4) is 0 Å². The number of H-pyrrole nitrogens is 1. The lowest BCUT2D eigenvalue weighted by Gasteiger charge is -2.29. The van der Waals surface area contributed by atoms with Crippen molar-refractivity contribution in [3.05, 3.63) is 71.2 Å². The predicted molar refractivity (Wildman–Crippen MR) is 95.0 cm³/mol. The summed E-state index contributed by atoms with van der Waals surface area (Å²) in [6.07, 6.45) is 4.09. The number of rotatable bonds is 3. The van der Waals surface area contributed by atoms with Crippen LogP contribution in [0.2, 0.25) is 0 Å². The van der Waals surface area contributed by atoms with Gasteiger partial charge in [-0.3, -0.25) is 4.79 Å². The molecule has 0 radical (unpaired) electrons. The molecule has 0 saturated heterocycles. The van der Waals surface area contributed by atoms with Crippen molar-refractivity contribution in [1.29, 1.82) is 0 Å². The first kappa shape index (κ1) is 14.7. The van der Waals surface area contributed by atoms with Crippen molar-refractivity contribution < 1.29 is 9.18 Å². The molecule has 126 valence electrons. The van der Waals surface area contributed by atoms with Crippen LogP contribution in [0, 0.1) is 5.82 Å². The molecule has 0 aliphatic heterocycles. The van der Waals surface area contributed by atoms with Crippen LogP contribution in [0.15, 0.2) is 48.5 Å². The smallest absolute Gasteiger partial charge is 0.271 e. The summed E-state index contributed by atoms with van der Waals surface area (Å²) in [7, 11) is 0. The molecule has 2 aromatic carbocycles. The van der Waals surface area contributed by atoms with E-state index in [1.165, 1.54) is 17.2 Å². The summed E-state index contributed by atoms with van der Waals surface area (Å²) in [4.78, 5) is 18.4. The van der Waals surface area contributed by atoms with Gasteiger partial charge in [-0.15, -0.1) is 0 Å². The Kier molecular flexibility index (Phi) is 3.20. The standard InChI is InChI=1S/C21H19FN2O/c22-17-6-3-7-18-16(17)12-19(23-18)21(25)24(14-9-10-14)20-11-8-13-4-1-2-5-15(13)20/h1-7,12,14,20,23H,8-11H2. The van der Waals surface area contributed by atoms with E-state index in [1.807, 2.05) is 17.0 Å². The maximum atomic E-state index is 14.0. The van der Waals surface area contributed by atoms with Crippen molar-refractivity contribution in [3.63, 3.8) is 0 Å². The summed E-state index contributed by atoms with van der Waals surface area (Å²) in [5.74, 6) is -0.309. The first-order chi connectivity index (χ1) is 12.2. The minimum absolute atomic E-state index is 0.0141. The zero-order chi connectivity index (χ0) is 17.0. The molecule has 4 heteroatoms. The van der Waals surface area contributed by atoms with Gasteiger partial charge >= 0.3 is 0 Å². The van der Waals surface area contributed by atoms with E-state index in [4.69, 9.17) is 0 Å². The lowest BCUT2D eigenvalue weighted by molar-refractivity contribution is 0.0653. The van der Waals surface area contributed by atoms with Crippen molar-refractivity contribution in [2.75, 3.05) is 0 Å². The molecule has 1 aromatic heterocycles. The quantitative estimate of drug-likeness (QED) is 0.746. The molecule has 1 atom stereocenters. The molecule has 25 heavy (non-hydrogen) atoms. The zero-order valence-corrected chi connectivity index (χ0v) is 13.8. The number of benzene rings is 2. The largest absolute Gasteiger partial charge is 0.350 e. The van der Waals surface area contributed by atoms with Crippen molar-refractivity contribution in [2.45, 2.75) is 37.8 Å². The second kappa shape index (κ2) is 5.45. The van der Waals surface area contributed by atoms with E-state index in [0.29, 0.717) is 22.6 Å². The van der Waals surface area contributed by atoms with Crippen LogP contribution in [-0.4, -0.2) is 21.8 Å². The monoisotopic (exact) mass is 334 g/mol. The predicted octanol–water partition coefficient (Wildman–Crippen LogP) is 4.60. The number of carbonyl (C=O) groups is 1. The van der Waals surface area contributed by atoms with Gasteiger partial charge in [0.15, 0.2) is 0 Å². The van der Waals surface area contributed by atoms with Gasteiger partial charge in [0.2, 0.25) is 0 Å². The summed E-state index contributed by atoms with van der Waals surface area (Å²) in [5, 5.41) is 0.480. The molecule has 2 aliphatic carbocycles. The van der Waals surface area contributed by atoms with Crippen LogP contribution >= 0.6 is 0 Å². The van der Waals surface area contributed by atoms with Gasteiger partial charge in [-0.2, -0.15) is 0 Å². The number of aromatic nitrogens is 1. The number of hydrogen-bond donors (Lipinski definition) is 1. The van der Waals surface area contributed by atoms with Gasteiger partial charge in [0, 0.05) is 16.9 Å². The number of halogens is 1. The van der Waals surface area contributed by atoms with Crippen LogP contribution in [0.1, 0.15) is 46.9 Å². The summed E-state index contributed by atoms with van der Waals surface area (Å²) in [6, 6.07) is 15.4. The average molecular weight is 334 g/mol. The average Bonchev–Trinajstić information content (AvgIpc) is 3.20. The number of aryl methyl sites for hydroxylation is 1. The van der Waals surface area contributed by atoms with E-state index in [2.05, 4.69) is 23.2 Å². The molecule has 0 spiro atoms. The molecule has 2 aliphatic rings. The van der Waals surface area contributed by atoms with Gasteiger partial charge in [-0.1, -0.05) is 30.3 Å². The minimum atomic E-state index is -0.294. The third kappa shape index (κ3) is 2.36. The van der Waals surface area contributed by atoms with Gasteiger partial charge in [-0.05, 0) is 55.0 Å². The molecule has 1 N–H and O–H groups in total. The summed E-state index contributed by atoms with van der Waals surface area (Å²) < 4.78 is 14.0. The van der Waals surface area contributed by atoms with E-state index < -0.39 is 0 Å². The molecule has 3 aromatic rings. The summed E-state index contributed by atoms with van der Waals surface area (Å²) in [5.41, 5.74) is 3.76. The van der Waals surface area contributed by atoms with Crippen LogP contribution in [0.25, 0.3) is 10.9 Å². The molecule has 1 amide bonds. The highest BCUT2D eigenvalue weighted by Crippen LogP contribution is 2.42. The molecular formula is C21H19FN2O. The Morgan fingerprint density at radius 1 is 1.08 bits per heavy atom. The Morgan fingerprint density at radius 2 is 1.92 bits per heavy atom. The summed E-state index contributed by atoms with van der Waals surface area (Å²) in [6.45, 7) is 0. The maximum absolute atomic E-state index is 14.0. The Labute approximate surface area is 145 Å². The first-order valence-electron chi connectivity index (χ1n) is 8.90. The fourth-order valence-corrected chi connectivity index (χ4v) is 4.11. The Hall–Kier alpha value is -2.62. The Morgan fingerprint density at radius 3 is 2.72 bits per heavy atom. The van der Waals surface area contributed by atoms with Gasteiger partial charge in [0.05, 0.1) is 6.04 Å². The number of nitrogens with one attached hydrogen (secondary N) is 1. The van der Waals surface area contributed by atoms with Gasteiger partial charge in [-0.25, -0.2) is 4.39 Å². The zero-order valence-electron chi connectivity index (χ0n) is 13.8. The second-order valence-corrected chi connectivity index (χ2v) is 7.08. The minimum Gasteiger partial charge on any atom is -0.350 e. The van der Waals surface area contributed by atoms with Crippen molar-refractivity contribution >= 4 is 16.8 Å². The van der Waals surface area contributed by atoms with Crippen molar-refractivity contribution in [2.24, 2.45) is 0 Å². The highest BCUT2D eigenvalue weighted by atomic mass is 19.1. The van der Waals surface area contributed by atoms with E-state index >= 15 is 0 Å². The van der Waals surface area contributed by atoms with Crippen LogP contribution in [-0.2, 0) is 6.42 Å². The third-order valence-corrected chi connectivity index (χ3v) is 5.45. The third-order valence-electron chi connectivity index (χ3n) is 5.45. The van der Waals surface area contributed by atoms with Crippen LogP contribution in [0.3, 0.4) is 0 Å². The number of hydrogen-bond acceptors (Lipinski definition) is 1. The molecule has 1 heterocycles. The molecule has 1 fully saturated rings. The Bertz CT molecular complexity index is 973. The van der Waals surface area contributed by atoms with E-state index in [0.717, 1.165) is 25.7 Å². The highest BCUT2D eigenvalue weighted by Gasteiger charge is 2.41. The normalized spacial score (nSPS) is 19.2. The molecule has 0 bridgehead atoms. The molecular weight excluding hydrogens is 315 g/mol. The molecule has 1 saturated carbocycles. The topological polar surface area (TPSA) is 36.1 Å². The number of nitrogens with zero attached hydrogens (tertiary/aromatic N) is 1. The van der Waals surface area contributed by atoms with Gasteiger partial charge in [0.1, 0.15) is 11.5 Å². The van der Waals surface area contributed by atoms with Crippen LogP contribution in [0.4, 0.5) is 4.39 Å². The number of aromatic amines is 1. The number of amides is 1. The highest BCUT2D eigenvalue weighted by molar-refractivity contribution is 5.98. The molecule has 1 unspecified atom stereocenters.